The fourth-order valence-corrected chi connectivity index (χ4v) is 1.74. The molecule has 2 rings (SSSR count). The zero-order valence-electron chi connectivity index (χ0n) is 7.35. The molecule has 2 aromatic rings. The highest BCUT2D eigenvalue weighted by atomic mass is 79.9. The summed E-state index contributed by atoms with van der Waals surface area (Å²) in [6.45, 7) is 0. The number of aliphatic hydroxyl groups is 1. The van der Waals surface area contributed by atoms with Crippen LogP contribution in [0.2, 0.25) is 0 Å². The summed E-state index contributed by atoms with van der Waals surface area (Å²) in [5.41, 5.74) is 1.28. The molecule has 7 heteroatoms. The maximum absolute atomic E-state index is 9.94. The Morgan fingerprint density at radius 2 is 2.43 bits per heavy atom. The molecule has 0 aliphatic rings. The molecule has 0 aliphatic carbocycles. The molecule has 0 amide bonds. The van der Waals surface area contributed by atoms with Crippen molar-refractivity contribution in [3.63, 3.8) is 0 Å². The van der Waals surface area contributed by atoms with E-state index in [0.717, 1.165) is 0 Å². The van der Waals surface area contributed by atoms with Crippen molar-refractivity contribution < 1.29 is 5.11 Å². The van der Waals surface area contributed by atoms with Gasteiger partial charge in [-0.1, -0.05) is 5.21 Å². The highest BCUT2D eigenvalue weighted by Crippen LogP contribution is 2.25. The quantitative estimate of drug-likeness (QED) is 0.816. The van der Waals surface area contributed by atoms with Crippen LogP contribution in [0.3, 0.4) is 0 Å². The molecule has 0 fully saturated rings. The van der Waals surface area contributed by atoms with Crippen molar-refractivity contribution in [3.8, 4) is 0 Å². The van der Waals surface area contributed by atoms with Gasteiger partial charge in [0.15, 0.2) is 4.60 Å². The number of nitrogens with one attached hydrogen (secondary N) is 1. The molecule has 0 spiro atoms. The number of hydrogen-bond acceptors (Lipinski definition) is 4. The lowest BCUT2D eigenvalue weighted by atomic mass is 10.1. The van der Waals surface area contributed by atoms with Crippen LogP contribution in [-0.2, 0) is 7.05 Å². The topological polar surface area (TPSA) is 79.6 Å². The number of aliphatic hydroxyl groups excluding tert-OH is 1. The van der Waals surface area contributed by atoms with Crippen molar-refractivity contribution >= 4 is 15.9 Å². The molecule has 6 nitrogen and oxygen atoms in total. The van der Waals surface area contributed by atoms with Crippen LogP contribution in [0, 0.1) is 0 Å². The van der Waals surface area contributed by atoms with Crippen molar-refractivity contribution in [2.75, 3.05) is 0 Å². The molecule has 1 unspecified atom stereocenters. The summed E-state index contributed by atoms with van der Waals surface area (Å²) < 4.78 is 2.05. The zero-order valence-corrected chi connectivity index (χ0v) is 8.93. The third-order valence-corrected chi connectivity index (χ3v) is 2.49. The van der Waals surface area contributed by atoms with Gasteiger partial charge in [-0.2, -0.15) is 5.10 Å². The molecule has 14 heavy (non-hydrogen) atoms. The Labute approximate surface area is 88.1 Å². The monoisotopic (exact) mass is 257 g/mol. The van der Waals surface area contributed by atoms with Gasteiger partial charge >= 0.3 is 0 Å². The third-order valence-electron chi connectivity index (χ3n) is 1.92. The second-order valence-electron chi connectivity index (χ2n) is 2.82. The van der Waals surface area contributed by atoms with Crippen molar-refractivity contribution in [1.29, 1.82) is 0 Å². The second kappa shape index (κ2) is 3.50. The fourth-order valence-electron chi connectivity index (χ4n) is 1.20. The predicted molar refractivity (Wildman–Crippen MR) is 51.4 cm³/mol. The van der Waals surface area contributed by atoms with Gasteiger partial charge in [-0.05, 0) is 15.9 Å². The van der Waals surface area contributed by atoms with Crippen molar-refractivity contribution in [3.05, 3.63) is 28.3 Å². The summed E-state index contributed by atoms with van der Waals surface area (Å²) in [7, 11) is 1.72. The smallest absolute Gasteiger partial charge is 0.154 e. The van der Waals surface area contributed by atoms with E-state index >= 15 is 0 Å². The molecule has 1 atom stereocenters. The number of nitrogens with zero attached hydrogens (tertiary/aromatic N) is 4. The lowest BCUT2D eigenvalue weighted by molar-refractivity contribution is 0.209. The molecule has 0 aromatic carbocycles. The van der Waals surface area contributed by atoms with E-state index in [9.17, 15) is 5.11 Å². The molecular formula is C7H8BrN5O. The van der Waals surface area contributed by atoms with Gasteiger partial charge in [0.2, 0.25) is 0 Å². The van der Waals surface area contributed by atoms with Gasteiger partial charge in [0.1, 0.15) is 11.8 Å². The SMILES string of the molecule is Cn1nnc(Br)c1C(O)c1cn[nH]c1. The summed E-state index contributed by atoms with van der Waals surface area (Å²) in [5, 5.41) is 23.9. The van der Waals surface area contributed by atoms with Crippen molar-refractivity contribution in [2.45, 2.75) is 6.10 Å². The van der Waals surface area contributed by atoms with Crippen LogP contribution < -0.4 is 0 Å². The highest BCUT2D eigenvalue weighted by molar-refractivity contribution is 9.10. The van der Waals surface area contributed by atoms with E-state index in [1.165, 1.54) is 4.68 Å². The molecule has 2 N–H and O–H groups in total. The number of aromatic nitrogens is 5. The standard InChI is InChI=1S/C7H8BrN5O/c1-13-5(7(8)11-12-13)6(14)4-2-9-10-3-4/h2-3,6,14H,1H3,(H,9,10). The van der Waals surface area contributed by atoms with Crippen LogP contribution in [0.1, 0.15) is 17.4 Å². The van der Waals surface area contributed by atoms with E-state index in [1.807, 2.05) is 0 Å². The van der Waals surface area contributed by atoms with E-state index < -0.39 is 6.10 Å². The van der Waals surface area contributed by atoms with Gasteiger partial charge in [0.25, 0.3) is 0 Å². The van der Waals surface area contributed by atoms with Crippen LogP contribution in [-0.4, -0.2) is 30.3 Å². The van der Waals surface area contributed by atoms with Crippen LogP contribution in [0.15, 0.2) is 17.0 Å². The van der Waals surface area contributed by atoms with Crippen molar-refractivity contribution in [1.82, 2.24) is 25.2 Å². The summed E-state index contributed by atoms with van der Waals surface area (Å²) >= 11 is 3.22. The Hall–Kier alpha value is -1.21. The first kappa shape index (κ1) is 9.35. The van der Waals surface area contributed by atoms with Gasteiger partial charge in [0.05, 0.1) is 6.20 Å². The van der Waals surface area contributed by atoms with Gasteiger partial charge in [-0.15, -0.1) is 5.10 Å². The molecule has 0 bridgehead atoms. The molecule has 2 heterocycles. The minimum atomic E-state index is -0.775. The maximum Gasteiger partial charge on any atom is 0.154 e. The Morgan fingerprint density at radius 1 is 1.64 bits per heavy atom. The molecule has 2 aromatic heterocycles. The molecule has 0 saturated heterocycles. The van der Waals surface area contributed by atoms with Crippen LogP contribution >= 0.6 is 15.9 Å². The minimum Gasteiger partial charge on any atom is -0.382 e. The van der Waals surface area contributed by atoms with E-state index in [1.54, 1.807) is 19.4 Å². The maximum atomic E-state index is 9.94. The molecule has 0 radical (unpaired) electrons. The fraction of sp³-hybridized carbons (Fsp3) is 0.286. The molecule has 74 valence electrons. The minimum absolute atomic E-state index is 0.536. The van der Waals surface area contributed by atoms with Crippen LogP contribution in [0.4, 0.5) is 0 Å². The number of H-pyrrole nitrogens is 1. The van der Waals surface area contributed by atoms with E-state index in [4.69, 9.17) is 0 Å². The summed E-state index contributed by atoms with van der Waals surface area (Å²) in [5.74, 6) is 0. The van der Waals surface area contributed by atoms with E-state index in [-0.39, 0.29) is 0 Å². The predicted octanol–water partition coefficient (Wildman–Crippen LogP) is 0.382. The summed E-state index contributed by atoms with van der Waals surface area (Å²) in [6.07, 6.45) is 2.41. The van der Waals surface area contributed by atoms with Crippen LogP contribution in [0.25, 0.3) is 0 Å². The van der Waals surface area contributed by atoms with Crippen molar-refractivity contribution in [2.24, 2.45) is 7.05 Å². The Balaban J connectivity index is 2.41. The lowest BCUT2D eigenvalue weighted by Gasteiger charge is -2.07. The lowest BCUT2D eigenvalue weighted by Crippen LogP contribution is -2.06. The van der Waals surface area contributed by atoms with Gasteiger partial charge in [0, 0.05) is 18.8 Å². The Kier molecular flexibility index (Phi) is 2.34. The third kappa shape index (κ3) is 1.44. The molecule has 0 aliphatic heterocycles. The highest BCUT2D eigenvalue weighted by Gasteiger charge is 2.19. The number of rotatable bonds is 2. The average Bonchev–Trinajstić information content (AvgIpc) is 2.75. The first-order valence-corrected chi connectivity index (χ1v) is 4.71. The van der Waals surface area contributed by atoms with Gasteiger partial charge < -0.3 is 5.11 Å². The van der Waals surface area contributed by atoms with Gasteiger partial charge in [-0.3, -0.25) is 5.10 Å². The normalized spacial score (nSPS) is 13.1. The van der Waals surface area contributed by atoms with Gasteiger partial charge in [-0.25, -0.2) is 4.68 Å². The number of halogens is 1. The number of hydrogen-bond donors (Lipinski definition) is 2. The summed E-state index contributed by atoms with van der Waals surface area (Å²) in [6, 6.07) is 0. The number of aromatic amines is 1. The first-order chi connectivity index (χ1) is 6.70. The number of aryl methyl sites for hydroxylation is 1. The Bertz CT molecular complexity index is 404. The average molecular weight is 258 g/mol. The molecule has 0 saturated carbocycles. The zero-order chi connectivity index (χ0) is 10.1. The van der Waals surface area contributed by atoms with Crippen LogP contribution in [0.5, 0.6) is 0 Å². The van der Waals surface area contributed by atoms with E-state index in [0.29, 0.717) is 15.9 Å². The largest absolute Gasteiger partial charge is 0.382 e. The first-order valence-electron chi connectivity index (χ1n) is 3.92. The second-order valence-corrected chi connectivity index (χ2v) is 3.57. The Morgan fingerprint density at radius 3 is 2.93 bits per heavy atom. The molecular weight excluding hydrogens is 250 g/mol. The van der Waals surface area contributed by atoms with E-state index in [2.05, 4.69) is 36.4 Å². The summed E-state index contributed by atoms with van der Waals surface area (Å²) in [4.78, 5) is 0.